The Balaban J connectivity index is 2.96. The minimum Gasteiger partial charge on any atom is -0.508 e. The highest BCUT2D eigenvalue weighted by molar-refractivity contribution is 5.36. The number of aliphatic hydroxyl groups is 1. The van der Waals surface area contributed by atoms with Crippen LogP contribution in [0.25, 0.3) is 0 Å². The SMILES string of the molecule is Cc1ccc([C@@H](O)CN)cc1O. The first-order chi connectivity index (χ1) is 5.65. The third kappa shape index (κ3) is 1.75. The number of rotatable bonds is 2. The Morgan fingerprint density at radius 2 is 2.17 bits per heavy atom. The van der Waals surface area contributed by atoms with Gasteiger partial charge < -0.3 is 15.9 Å². The maximum absolute atomic E-state index is 9.31. The molecule has 0 aliphatic rings. The maximum atomic E-state index is 9.31. The van der Waals surface area contributed by atoms with E-state index in [1.807, 2.05) is 0 Å². The van der Waals surface area contributed by atoms with Crippen LogP contribution in [0.15, 0.2) is 18.2 Å². The second kappa shape index (κ2) is 3.56. The van der Waals surface area contributed by atoms with E-state index in [1.165, 1.54) is 6.07 Å². The predicted octanol–water partition coefficient (Wildman–Crippen LogP) is 0.693. The molecule has 66 valence electrons. The lowest BCUT2D eigenvalue weighted by molar-refractivity contribution is 0.186. The van der Waals surface area contributed by atoms with Gasteiger partial charge in [0.15, 0.2) is 0 Å². The van der Waals surface area contributed by atoms with E-state index >= 15 is 0 Å². The fourth-order valence-corrected chi connectivity index (χ4v) is 0.970. The Bertz CT molecular complexity index is 273. The highest BCUT2D eigenvalue weighted by atomic mass is 16.3. The molecule has 0 aliphatic heterocycles. The minimum atomic E-state index is -0.684. The molecule has 0 spiro atoms. The van der Waals surface area contributed by atoms with Crippen molar-refractivity contribution in [3.63, 3.8) is 0 Å². The van der Waals surface area contributed by atoms with Crippen LogP contribution in [0.5, 0.6) is 5.75 Å². The first-order valence-corrected chi connectivity index (χ1v) is 3.83. The van der Waals surface area contributed by atoms with E-state index in [0.717, 1.165) is 5.56 Å². The quantitative estimate of drug-likeness (QED) is 0.607. The minimum absolute atomic E-state index is 0.169. The van der Waals surface area contributed by atoms with Crippen molar-refractivity contribution >= 4 is 0 Å². The van der Waals surface area contributed by atoms with Crippen LogP contribution in [0.4, 0.5) is 0 Å². The van der Waals surface area contributed by atoms with Gasteiger partial charge in [0.25, 0.3) is 0 Å². The number of phenols is 1. The number of aryl methyl sites for hydroxylation is 1. The van der Waals surface area contributed by atoms with Crippen LogP contribution in [0.1, 0.15) is 17.2 Å². The molecule has 12 heavy (non-hydrogen) atoms. The molecule has 4 N–H and O–H groups in total. The van der Waals surface area contributed by atoms with Gasteiger partial charge in [-0.05, 0) is 24.1 Å². The predicted molar refractivity (Wildman–Crippen MR) is 46.9 cm³/mol. The van der Waals surface area contributed by atoms with E-state index in [4.69, 9.17) is 5.73 Å². The number of aliphatic hydroxyl groups excluding tert-OH is 1. The van der Waals surface area contributed by atoms with Crippen LogP contribution in [0.3, 0.4) is 0 Å². The smallest absolute Gasteiger partial charge is 0.118 e. The normalized spacial score (nSPS) is 12.9. The molecule has 3 nitrogen and oxygen atoms in total. The fraction of sp³-hybridized carbons (Fsp3) is 0.333. The lowest BCUT2D eigenvalue weighted by atomic mass is 10.1. The van der Waals surface area contributed by atoms with Crippen molar-refractivity contribution in [2.24, 2.45) is 5.73 Å². The summed E-state index contributed by atoms with van der Waals surface area (Å²) in [4.78, 5) is 0. The second-order valence-corrected chi connectivity index (χ2v) is 2.80. The number of aromatic hydroxyl groups is 1. The van der Waals surface area contributed by atoms with Crippen molar-refractivity contribution in [1.82, 2.24) is 0 Å². The van der Waals surface area contributed by atoms with Crippen LogP contribution < -0.4 is 5.73 Å². The molecule has 1 atom stereocenters. The van der Waals surface area contributed by atoms with Gasteiger partial charge in [-0.1, -0.05) is 12.1 Å². The monoisotopic (exact) mass is 167 g/mol. The zero-order valence-electron chi connectivity index (χ0n) is 6.99. The van der Waals surface area contributed by atoms with E-state index in [0.29, 0.717) is 5.56 Å². The third-order valence-corrected chi connectivity index (χ3v) is 1.84. The van der Waals surface area contributed by atoms with Crippen LogP contribution in [0.2, 0.25) is 0 Å². The maximum Gasteiger partial charge on any atom is 0.118 e. The van der Waals surface area contributed by atoms with Gasteiger partial charge in [0, 0.05) is 6.54 Å². The first-order valence-electron chi connectivity index (χ1n) is 3.83. The second-order valence-electron chi connectivity index (χ2n) is 2.80. The Kier molecular flexibility index (Phi) is 2.68. The van der Waals surface area contributed by atoms with Crippen molar-refractivity contribution in [2.75, 3.05) is 6.54 Å². The highest BCUT2D eigenvalue weighted by Gasteiger charge is 2.06. The lowest BCUT2D eigenvalue weighted by Crippen LogP contribution is -2.11. The summed E-state index contributed by atoms with van der Waals surface area (Å²) < 4.78 is 0. The summed E-state index contributed by atoms with van der Waals surface area (Å²) in [5.41, 5.74) is 6.71. The molecule has 0 saturated heterocycles. The van der Waals surface area contributed by atoms with Gasteiger partial charge in [0.05, 0.1) is 6.10 Å². The van der Waals surface area contributed by atoms with Crippen molar-refractivity contribution in [2.45, 2.75) is 13.0 Å². The van der Waals surface area contributed by atoms with Gasteiger partial charge >= 0.3 is 0 Å². The van der Waals surface area contributed by atoms with Gasteiger partial charge in [-0.2, -0.15) is 0 Å². The molecule has 0 bridgehead atoms. The Morgan fingerprint density at radius 3 is 2.67 bits per heavy atom. The number of benzene rings is 1. The summed E-state index contributed by atoms with van der Waals surface area (Å²) in [6, 6.07) is 5.04. The van der Waals surface area contributed by atoms with Crippen LogP contribution in [-0.4, -0.2) is 16.8 Å². The molecule has 0 fully saturated rings. The number of nitrogens with two attached hydrogens (primary N) is 1. The molecule has 1 aromatic carbocycles. The summed E-state index contributed by atoms with van der Waals surface area (Å²) in [5, 5.41) is 18.6. The summed E-state index contributed by atoms with van der Waals surface area (Å²) in [7, 11) is 0. The van der Waals surface area contributed by atoms with Crippen LogP contribution in [-0.2, 0) is 0 Å². The molecule has 0 saturated carbocycles. The van der Waals surface area contributed by atoms with Crippen LogP contribution >= 0.6 is 0 Å². The van der Waals surface area contributed by atoms with E-state index in [9.17, 15) is 10.2 Å². The first kappa shape index (κ1) is 9.03. The largest absolute Gasteiger partial charge is 0.508 e. The van der Waals surface area contributed by atoms with Gasteiger partial charge in [-0.15, -0.1) is 0 Å². The molecular formula is C9H13NO2. The summed E-state index contributed by atoms with van der Waals surface area (Å²) in [5.74, 6) is 0.194. The molecule has 1 rings (SSSR count). The Morgan fingerprint density at radius 1 is 1.50 bits per heavy atom. The molecule has 0 heterocycles. The molecular weight excluding hydrogens is 154 g/mol. The van der Waals surface area contributed by atoms with Crippen molar-refractivity contribution in [3.05, 3.63) is 29.3 Å². The molecule has 0 unspecified atom stereocenters. The van der Waals surface area contributed by atoms with E-state index < -0.39 is 6.10 Å². The number of phenolic OH excluding ortho intramolecular Hbond substituents is 1. The van der Waals surface area contributed by atoms with Crippen molar-refractivity contribution < 1.29 is 10.2 Å². The zero-order valence-corrected chi connectivity index (χ0v) is 6.99. The molecule has 0 aliphatic carbocycles. The van der Waals surface area contributed by atoms with Crippen molar-refractivity contribution in [1.29, 1.82) is 0 Å². The average Bonchev–Trinajstić information content (AvgIpc) is 2.08. The van der Waals surface area contributed by atoms with E-state index in [-0.39, 0.29) is 12.3 Å². The zero-order chi connectivity index (χ0) is 9.14. The highest BCUT2D eigenvalue weighted by Crippen LogP contribution is 2.21. The summed E-state index contributed by atoms with van der Waals surface area (Å²) in [6.45, 7) is 1.97. The molecule has 0 aromatic heterocycles. The Hall–Kier alpha value is -1.06. The van der Waals surface area contributed by atoms with Gasteiger partial charge in [0.1, 0.15) is 5.75 Å². The standard InChI is InChI=1S/C9H13NO2/c1-6-2-3-7(4-8(6)11)9(12)5-10/h2-4,9,11-12H,5,10H2,1H3/t9-/m0/s1. The summed E-state index contributed by atoms with van der Waals surface area (Å²) >= 11 is 0. The van der Waals surface area contributed by atoms with Crippen LogP contribution in [0, 0.1) is 6.92 Å². The molecule has 1 aromatic rings. The number of hydrogen-bond donors (Lipinski definition) is 3. The summed E-state index contributed by atoms with van der Waals surface area (Å²) in [6.07, 6.45) is -0.684. The lowest BCUT2D eigenvalue weighted by Gasteiger charge is -2.08. The van der Waals surface area contributed by atoms with E-state index in [1.54, 1.807) is 19.1 Å². The van der Waals surface area contributed by atoms with Gasteiger partial charge in [0.2, 0.25) is 0 Å². The fourth-order valence-electron chi connectivity index (χ4n) is 0.970. The van der Waals surface area contributed by atoms with Gasteiger partial charge in [-0.25, -0.2) is 0 Å². The van der Waals surface area contributed by atoms with Gasteiger partial charge in [-0.3, -0.25) is 0 Å². The Labute approximate surface area is 71.5 Å². The third-order valence-electron chi connectivity index (χ3n) is 1.84. The van der Waals surface area contributed by atoms with Crippen molar-refractivity contribution in [3.8, 4) is 5.75 Å². The topological polar surface area (TPSA) is 66.5 Å². The van der Waals surface area contributed by atoms with E-state index in [2.05, 4.69) is 0 Å². The molecule has 0 radical (unpaired) electrons. The number of hydrogen-bond acceptors (Lipinski definition) is 3. The molecule has 3 heteroatoms. The molecule has 0 amide bonds. The average molecular weight is 167 g/mol.